The van der Waals surface area contributed by atoms with Crippen molar-refractivity contribution in [3.63, 3.8) is 0 Å². The molecule has 0 saturated carbocycles. The molecule has 0 aliphatic carbocycles. The van der Waals surface area contributed by atoms with Gasteiger partial charge in [-0.05, 0) is 22.8 Å². The van der Waals surface area contributed by atoms with Crippen LogP contribution in [0.4, 0.5) is 0 Å². The number of fused-ring (bicyclic) bond motifs is 1. The maximum atomic E-state index is 3.43. The fraction of sp³-hybridized carbons (Fsp3) is 0.125. The zero-order valence-corrected chi connectivity index (χ0v) is 10.2. The van der Waals surface area contributed by atoms with Crippen LogP contribution in [0.15, 0.2) is 60.8 Å². The van der Waals surface area contributed by atoms with Crippen LogP contribution in [0.1, 0.15) is 16.7 Å². The third-order valence-corrected chi connectivity index (χ3v) is 3.16. The highest BCUT2D eigenvalue weighted by Crippen LogP contribution is 2.17. The third-order valence-electron chi connectivity index (χ3n) is 3.16. The molecule has 2 aromatic carbocycles. The van der Waals surface area contributed by atoms with Gasteiger partial charge in [0.05, 0.1) is 6.54 Å². The monoisotopic (exact) mass is 236 g/mol. The fourth-order valence-corrected chi connectivity index (χ4v) is 2.14. The van der Waals surface area contributed by atoms with Crippen molar-refractivity contribution in [2.75, 3.05) is 0 Å². The second-order valence-corrected chi connectivity index (χ2v) is 4.46. The van der Waals surface area contributed by atoms with Gasteiger partial charge in [0.25, 0.3) is 0 Å². The molecule has 0 atom stereocenters. The van der Waals surface area contributed by atoms with E-state index < -0.39 is 0 Å². The SMILES string of the molecule is C1=CN(NCc2ccccc2)Cc2ccccc21. The van der Waals surface area contributed by atoms with Crippen LogP contribution in [0.3, 0.4) is 0 Å². The minimum absolute atomic E-state index is 0.855. The van der Waals surface area contributed by atoms with Crippen LogP contribution in [0.5, 0.6) is 0 Å². The molecule has 3 rings (SSSR count). The van der Waals surface area contributed by atoms with Crippen molar-refractivity contribution in [3.8, 4) is 0 Å². The first kappa shape index (κ1) is 11.1. The first-order valence-corrected chi connectivity index (χ1v) is 6.22. The molecule has 0 fully saturated rings. The van der Waals surface area contributed by atoms with Crippen LogP contribution in [-0.4, -0.2) is 5.01 Å². The molecule has 18 heavy (non-hydrogen) atoms. The molecular formula is C16H16N2. The van der Waals surface area contributed by atoms with Crippen LogP contribution >= 0.6 is 0 Å². The van der Waals surface area contributed by atoms with E-state index in [0.717, 1.165) is 13.1 Å². The lowest BCUT2D eigenvalue weighted by Crippen LogP contribution is -2.33. The average molecular weight is 236 g/mol. The van der Waals surface area contributed by atoms with Gasteiger partial charge in [-0.25, -0.2) is 5.43 Å². The van der Waals surface area contributed by atoms with Gasteiger partial charge in [0.1, 0.15) is 0 Å². The number of benzene rings is 2. The Balaban J connectivity index is 1.64. The summed E-state index contributed by atoms with van der Waals surface area (Å²) < 4.78 is 0. The third kappa shape index (κ3) is 2.44. The van der Waals surface area contributed by atoms with Gasteiger partial charge in [-0.15, -0.1) is 0 Å². The highest BCUT2D eigenvalue weighted by atomic mass is 15.5. The van der Waals surface area contributed by atoms with E-state index in [2.05, 4.69) is 71.2 Å². The minimum atomic E-state index is 0.855. The lowest BCUT2D eigenvalue weighted by Gasteiger charge is -2.26. The molecule has 0 radical (unpaired) electrons. The summed E-state index contributed by atoms with van der Waals surface area (Å²) in [6.45, 7) is 1.77. The van der Waals surface area contributed by atoms with E-state index in [0.29, 0.717) is 0 Å². The second-order valence-electron chi connectivity index (χ2n) is 4.46. The Morgan fingerprint density at radius 2 is 1.72 bits per heavy atom. The topological polar surface area (TPSA) is 15.3 Å². The molecule has 1 N–H and O–H groups in total. The molecule has 1 heterocycles. The van der Waals surface area contributed by atoms with Crippen LogP contribution in [0.2, 0.25) is 0 Å². The smallest absolute Gasteiger partial charge is 0.0594 e. The van der Waals surface area contributed by atoms with Gasteiger partial charge >= 0.3 is 0 Å². The normalized spacial score (nSPS) is 13.4. The molecular weight excluding hydrogens is 220 g/mol. The molecule has 0 amide bonds. The molecule has 2 nitrogen and oxygen atoms in total. The number of hydrogen-bond acceptors (Lipinski definition) is 2. The van der Waals surface area contributed by atoms with Gasteiger partial charge in [-0.1, -0.05) is 54.6 Å². The van der Waals surface area contributed by atoms with Crippen molar-refractivity contribution < 1.29 is 0 Å². The Labute approximate surface area is 108 Å². The van der Waals surface area contributed by atoms with Crippen molar-refractivity contribution in [1.82, 2.24) is 10.4 Å². The zero-order chi connectivity index (χ0) is 12.2. The Kier molecular flexibility index (Phi) is 3.11. The quantitative estimate of drug-likeness (QED) is 0.880. The van der Waals surface area contributed by atoms with E-state index in [1.165, 1.54) is 16.7 Å². The van der Waals surface area contributed by atoms with Crippen molar-refractivity contribution >= 4 is 6.08 Å². The van der Waals surface area contributed by atoms with Crippen LogP contribution < -0.4 is 5.43 Å². The van der Waals surface area contributed by atoms with Gasteiger partial charge in [0, 0.05) is 12.7 Å². The molecule has 0 spiro atoms. The van der Waals surface area contributed by atoms with Gasteiger partial charge in [-0.2, -0.15) is 0 Å². The maximum Gasteiger partial charge on any atom is 0.0594 e. The first-order valence-electron chi connectivity index (χ1n) is 6.22. The molecule has 0 aromatic heterocycles. The van der Waals surface area contributed by atoms with Crippen LogP contribution in [0.25, 0.3) is 6.08 Å². The summed E-state index contributed by atoms with van der Waals surface area (Å²) >= 11 is 0. The zero-order valence-electron chi connectivity index (χ0n) is 10.2. The van der Waals surface area contributed by atoms with Crippen LogP contribution in [0, 0.1) is 0 Å². The minimum Gasteiger partial charge on any atom is -0.311 e. The first-order chi connectivity index (χ1) is 8.92. The number of hydrogen-bond donors (Lipinski definition) is 1. The summed E-state index contributed by atoms with van der Waals surface area (Å²) in [5.41, 5.74) is 7.40. The van der Waals surface area contributed by atoms with E-state index in [9.17, 15) is 0 Å². The van der Waals surface area contributed by atoms with Crippen molar-refractivity contribution in [3.05, 3.63) is 77.5 Å². The summed E-state index contributed by atoms with van der Waals surface area (Å²) in [5.74, 6) is 0. The van der Waals surface area contributed by atoms with Gasteiger partial charge in [0.15, 0.2) is 0 Å². The molecule has 90 valence electrons. The lowest BCUT2D eigenvalue weighted by molar-refractivity contribution is 0.256. The predicted octanol–water partition coefficient (Wildman–Crippen LogP) is 3.18. The van der Waals surface area contributed by atoms with Crippen LogP contribution in [-0.2, 0) is 13.1 Å². The lowest BCUT2D eigenvalue weighted by atomic mass is 10.1. The highest BCUT2D eigenvalue weighted by Gasteiger charge is 2.08. The van der Waals surface area contributed by atoms with Gasteiger partial charge < -0.3 is 5.01 Å². The summed E-state index contributed by atoms with van der Waals surface area (Å²) in [7, 11) is 0. The fourth-order valence-electron chi connectivity index (χ4n) is 2.14. The van der Waals surface area contributed by atoms with E-state index >= 15 is 0 Å². The Morgan fingerprint density at radius 3 is 2.61 bits per heavy atom. The molecule has 0 saturated heterocycles. The van der Waals surface area contributed by atoms with Gasteiger partial charge in [-0.3, -0.25) is 0 Å². The largest absolute Gasteiger partial charge is 0.311 e. The number of rotatable bonds is 3. The summed E-state index contributed by atoms with van der Waals surface area (Å²) in [4.78, 5) is 0. The number of nitrogens with zero attached hydrogens (tertiary/aromatic N) is 1. The maximum absolute atomic E-state index is 3.43. The molecule has 2 heteroatoms. The van der Waals surface area contributed by atoms with Gasteiger partial charge in [0.2, 0.25) is 0 Å². The standard InChI is InChI=1S/C16H16N2/c1-2-6-14(7-3-1)12-17-18-11-10-15-8-4-5-9-16(15)13-18/h1-11,17H,12-13H2. The predicted molar refractivity (Wildman–Crippen MR) is 74.3 cm³/mol. The summed E-state index contributed by atoms with van der Waals surface area (Å²) in [6.07, 6.45) is 4.25. The van der Waals surface area contributed by atoms with E-state index in [1.54, 1.807) is 0 Å². The molecule has 0 bridgehead atoms. The van der Waals surface area contributed by atoms with E-state index in [-0.39, 0.29) is 0 Å². The summed E-state index contributed by atoms with van der Waals surface area (Å²) in [5, 5.41) is 2.13. The van der Waals surface area contributed by atoms with E-state index in [1.807, 2.05) is 6.07 Å². The molecule has 0 unspecified atom stereocenters. The second kappa shape index (κ2) is 5.07. The Morgan fingerprint density at radius 1 is 0.944 bits per heavy atom. The van der Waals surface area contributed by atoms with E-state index in [4.69, 9.17) is 0 Å². The highest BCUT2D eigenvalue weighted by molar-refractivity contribution is 5.55. The number of hydrazine groups is 1. The Bertz CT molecular complexity index is 546. The number of nitrogens with one attached hydrogen (secondary N) is 1. The van der Waals surface area contributed by atoms with Crippen molar-refractivity contribution in [2.24, 2.45) is 0 Å². The van der Waals surface area contributed by atoms with Crippen molar-refractivity contribution in [1.29, 1.82) is 0 Å². The Hall–Kier alpha value is -2.06. The molecule has 2 aromatic rings. The molecule has 1 aliphatic rings. The average Bonchev–Trinajstić information content (AvgIpc) is 2.46. The molecule has 1 aliphatic heterocycles. The van der Waals surface area contributed by atoms with Crippen molar-refractivity contribution in [2.45, 2.75) is 13.1 Å². The summed E-state index contributed by atoms with van der Waals surface area (Å²) in [6, 6.07) is 18.9.